The standard InChI is InChI=1S/C17H29N/c1-4-9-17(12-11-16(2)3)10-8-15-18-13-6-5-7-14-18/h4,9,11-12H,5-8,10,13-15H2,1-3H3/b9-4-,17-12+. The van der Waals surface area contributed by atoms with Crippen molar-refractivity contribution in [3.8, 4) is 0 Å². The van der Waals surface area contributed by atoms with Crippen LogP contribution in [0.1, 0.15) is 52.9 Å². The van der Waals surface area contributed by atoms with E-state index in [-0.39, 0.29) is 0 Å². The van der Waals surface area contributed by atoms with Crippen molar-refractivity contribution in [3.05, 3.63) is 35.5 Å². The van der Waals surface area contributed by atoms with Crippen LogP contribution < -0.4 is 0 Å². The van der Waals surface area contributed by atoms with Gasteiger partial charge < -0.3 is 4.90 Å². The zero-order valence-electron chi connectivity index (χ0n) is 12.4. The third-order valence-corrected chi connectivity index (χ3v) is 3.40. The molecule has 1 rings (SSSR count). The summed E-state index contributed by atoms with van der Waals surface area (Å²) in [6, 6.07) is 0. The highest BCUT2D eigenvalue weighted by Gasteiger charge is 2.08. The third kappa shape index (κ3) is 6.80. The Morgan fingerprint density at radius 3 is 2.39 bits per heavy atom. The first-order chi connectivity index (χ1) is 8.72. The van der Waals surface area contributed by atoms with Crippen molar-refractivity contribution < 1.29 is 0 Å². The average molecular weight is 247 g/mol. The number of hydrogen-bond acceptors (Lipinski definition) is 1. The molecule has 0 radical (unpaired) electrons. The molecule has 0 aromatic carbocycles. The van der Waals surface area contributed by atoms with E-state index in [4.69, 9.17) is 0 Å². The Morgan fingerprint density at radius 2 is 1.78 bits per heavy atom. The van der Waals surface area contributed by atoms with Crippen molar-refractivity contribution in [2.45, 2.75) is 52.9 Å². The summed E-state index contributed by atoms with van der Waals surface area (Å²) in [6.07, 6.45) is 15.6. The monoisotopic (exact) mass is 247 g/mol. The summed E-state index contributed by atoms with van der Waals surface area (Å²) in [4.78, 5) is 2.62. The zero-order chi connectivity index (χ0) is 13.2. The summed E-state index contributed by atoms with van der Waals surface area (Å²) >= 11 is 0. The van der Waals surface area contributed by atoms with Gasteiger partial charge in [-0.2, -0.15) is 0 Å². The molecule has 1 saturated heterocycles. The summed E-state index contributed by atoms with van der Waals surface area (Å²) in [5.41, 5.74) is 2.82. The molecule has 1 fully saturated rings. The van der Waals surface area contributed by atoms with Crippen molar-refractivity contribution in [3.63, 3.8) is 0 Å². The lowest BCUT2D eigenvalue weighted by atomic mass is 10.1. The predicted molar refractivity (Wildman–Crippen MR) is 81.9 cm³/mol. The van der Waals surface area contributed by atoms with Crippen LogP contribution in [0.2, 0.25) is 0 Å². The Balaban J connectivity index is 2.33. The number of nitrogens with zero attached hydrogens (tertiary/aromatic N) is 1. The second kappa shape index (κ2) is 9.16. The quantitative estimate of drug-likeness (QED) is 0.614. The molecule has 0 amide bonds. The van der Waals surface area contributed by atoms with Gasteiger partial charge in [-0.1, -0.05) is 36.3 Å². The maximum absolute atomic E-state index is 2.62. The Bertz CT molecular complexity index is 300. The van der Waals surface area contributed by atoms with E-state index in [1.807, 2.05) is 0 Å². The molecule has 0 spiro atoms. The molecule has 18 heavy (non-hydrogen) atoms. The zero-order valence-corrected chi connectivity index (χ0v) is 12.4. The van der Waals surface area contributed by atoms with Gasteiger partial charge in [0.25, 0.3) is 0 Å². The van der Waals surface area contributed by atoms with Crippen LogP contribution in [-0.4, -0.2) is 24.5 Å². The molecule has 0 N–H and O–H groups in total. The fraction of sp³-hybridized carbons (Fsp3) is 0.647. The fourth-order valence-corrected chi connectivity index (χ4v) is 2.40. The lowest BCUT2D eigenvalue weighted by Gasteiger charge is -2.26. The van der Waals surface area contributed by atoms with E-state index in [0.29, 0.717) is 0 Å². The number of allylic oxidation sites excluding steroid dienone is 6. The number of likely N-dealkylation sites (tertiary alicyclic amines) is 1. The van der Waals surface area contributed by atoms with Gasteiger partial charge in [0.05, 0.1) is 0 Å². The maximum Gasteiger partial charge on any atom is -0.00156 e. The first kappa shape index (κ1) is 15.2. The third-order valence-electron chi connectivity index (χ3n) is 3.40. The summed E-state index contributed by atoms with van der Waals surface area (Å²) in [6.45, 7) is 10.3. The summed E-state index contributed by atoms with van der Waals surface area (Å²) in [5, 5.41) is 0. The molecule has 0 aliphatic carbocycles. The SMILES string of the molecule is C/C=C\C(=C/C=C(C)C)CCCN1CCCCC1. The second-order valence-electron chi connectivity index (χ2n) is 5.49. The van der Waals surface area contributed by atoms with Crippen LogP contribution in [0, 0.1) is 0 Å². The van der Waals surface area contributed by atoms with Crippen LogP contribution in [0.3, 0.4) is 0 Å². The minimum Gasteiger partial charge on any atom is -0.303 e. The molecule has 1 heterocycles. The molecular weight excluding hydrogens is 218 g/mol. The van der Waals surface area contributed by atoms with Gasteiger partial charge in [-0.15, -0.1) is 0 Å². The summed E-state index contributed by atoms with van der Waals surface area (Å²) in [7, 11) is 0. The molecule has 0 aromatic heterocycles. The van der Waals surface area contributed by atoms with Gasteiger partial charge in [-0.05, 0) is 71.7 Å². The minimum absolute atomic E-state index is 1.20. The summed E-state index contributed by atoms with van der Waals surface area (Å²) < 4.78 is 0. The largest absolute Gasteiger partial charge is 0.303 e. The van der Waals surface area contributed by atoms with Crippen LogP contribution in [-0.2, 0) is 0 Å². The van der Waals surface area contributed by atoms with E-state index in [1.54, 1.807) is 0 Å². The normalized spacial score (nSPS) is 18.3. The van der Waals surface area contributed by atoms with Crippen LogP contribution >= 0.6 is 0 Å². The van der Waals surface area contributed by atoms with Crippen molar-refractivity contribution in [1.82, 2.24) is 4.90 Å². The molecule has 0 aromatic rings. The smallest absolute Gasteiger partial charge is 0.00156 e. The topological polar surface area (TPSA) is 3.24 Å². The second-order valence-corrected chi connectivity index (χ2v) is 5.49. The van der Waals surface area contributed by atoms with Crippen molar-refractivity contribution >= 4 is 0 Å². The number of piperidine rings is 1. The molecule has 1 aliphatic heterocycles. The first-order valence-electron chi connectivity index (χ1n) is 7.41. The van der Waals surface area contributed by atoms with Crippen LogP contribution in [0.4, 0.5) is 0 Å². The molecule has 0 atom stereocenters. The van der Waals surface area contributed by atoms with Crippen molar-refractivity contribution in [2.75, 3.05) is 19.6 Å². The molecule has 0 unspecified atom stereocenters. The highest BCUT2D eigenvalue weighted by atomic mass is 15.1. The molecule has 1 nitrogen and oxygen atoms in total. The highest BCUT2D eigenvalue weighted by Crippen LogP contribution is 2.13. The molecule has 1 heteroatoms. The van der Waals surface area contributed by atoms with Crippen molar-refractivity contribution in [1.29, 1.82) is 0 Å². The van der Waals surface area contributed by atoms with Gasteiger partial charge in [-0.25, -0.2) is 0 Å². The van der Waals surface area contributed by atoms with E-state index in [9.17, 15) is 0 Å². The van der Waals surface area contributed by atoms with E-state index in [2.05, 4.69) is 50.0 Å². The Labute approximate surface area is 113 Å². The van der Waals surface area contributed by atoms with E-state index < -0.39 is 0 Å². The van der Waals surface area contributed by atoms with Crippen LogP contribution in [0.15, 0.2) is 35.5 Å². The molecule has 102 valence electrons. The van der Waals surface area contributed by atoms with Gasteiger partial charge in [0.2, 0.25) is 0 Å². The molecular formula is C17H29N. The van der Waals surface area contributed by atoms with Gasteiger partial charge >= 0.3 is 0 Å². The van der Waals surface area contributed by atoms with Crippen molar-refractivity contribution in [2.24, 2.45) is 0 Å². The first-order valence-corrected chi connectivity index (χ1v) is 7.41. The predicted octanol–water partition coefficient (Wildman–Crippen LogP) is 4.72. The van der Waals surface area contributed by atoms with Crippen LogP contribution in [0.5, 0.6) is 0 Å². The minimum atomic E-state index is 1.20. The molecule has 0 bridgehead atoms. The van der Waals surface area contributed by atoms with Gasteiger partial charge in [0.1, 0.15) is 0 Å². The average Bonchev–Trinajstić information content (AvgIpc) is 2.37. The van der Waals surface area contributed by atoms with E-state index >= 15 is 0 Å². The summed E-state index contributed by atoms with van der Waals surface area (Å²) in [5.74, 6) is 0. The van der Waals surface area contributed by atoms with Gasteiger partial charge in [-0.3, -0.25) is 0 Å². The highest BCUT2D eigenvalue weighted by molar-refractivity contribution is 5.24. The number of rotatable bonds is 6. The lowest BCUT2D eigenvalue weighted by Crippen LogP contribution is -2.30. The molecule has 1 aliphatic rings. The van der Waals surface area contributed by atoms with Gasteiger partial charge in [0.15, 0.2) is 0 Å². The van der Waals surface area contributed by atoms with E-state index in [1.165, 1.54) is 62.9 Å². The Morgan fingerprint density at radius 1 is 1.06 bits per heavy atom. The van der Waals surface area contributed by atoms with E-state index in [0.717, 1.165) is 0 Å². The maximum atomic E-state index is 2.62. The number of hydrogen-bond donors (Lipinski definition) is 0. The Hall–Kier alpha value is -0.820. The van der Waals surface area contributed by atoms with Crippen LogP contribution in [0.25, 0.3) is 0 Å². The lowest BCUT2D eigenvalue weighted by molar-refractivity contribution is 0.226. The Kier molecular flexibility index (Phi) is 7.75. The molecule has 0 saturated carbocycles. The fourth-order valence-electron chi connectivity index (χ4n) is 2.40. The van der Waals surface area contributed by atoms with Gasteiger partial charge in [0, 0.05) is 0 Å².